The molecule has 2 aliphatic heterocycles. The van der Waals surface area contributed by atoms with Crippen LogP contribution in [0.25, 0.3) is 0 Å². The Hall–Kier alpha value is -2.11. The van der Waals surface area contributed by atoms with E-state index in [1.165, 1.54) is 7.11 Å². The molecule has 132 valence electrons. The molecule has 0 saturated carbocycles. The van der Waals surface area contributed by atoms with Crippen molar-refractivity contribution in [3.05, 3.63) is 0 Å². The molecule has 24 heavy (non-hydrogen) atoms. The first-order valence-electron chi connectivity index (χ1n) is 8.07. The SMILES string of the molecule is C#CCNC(=O)CCC1CNC(=O)C2CC(NC(=O)COC)CN12. The van der Waals surface area contributed by atoms with Gasteiger partial charge in [-0.15, -0.1) is 6.42 Å². The zero-order chi connectivity index (χ0) is 17.5. The quantitative estimate of drug-likeness (QED) is 0.477. The van der Waals surface area contributed by atoms with Gasteiger partial charge in [0, 0.05) is 38.7 Å². The van der Waals surface area contributed by atoms with E-state index in [0.717, 1.165) is 0 Å². The van der Waals surface area contributed by atoms with Crippen LogP contribution in [0.3, 0.4) is 0 Å². The Bertz CT molecular complexity index is 531. The van der Waals surface area contributed by atoms with E-state index < -0.39 is 0 Å². The van der Waals surface area contributed by atoms with Crippen LogP contribution < -0.4 is 16.0 Å². The minimum atomic E-state index is -0.259. The number of fused-ring (bicyclic) bond motifs is 1. The maximum Gasteiger partial charge on any atom is 0.246 e. The molecule has 2 saturated heterocycles. The molecular formula is C16H24N4O4. The van der Waals surface area contributed by atoms with Crippen molar-refractivity contribution in [2.75, 3.05) is 33.4 Å². The second kappa shape index (κ2) is 8.66. The van der Waals surface area contributed by atoms with Crippen LogP contribution >= 0.6 is 0 Å². The zero-order valence-electron chi connectivity index (χ0n) is 13.8. The molecule has 0 radical (unpaired) electrons. The first-order chi connectivity index (χ1) is 11.5. The van der Waals surface area contributed by atoms with Crippen molar-refractivity contribution in [2.24, 2.45) is 0 Å². The van der Waals surface area contributed by atoms with Crippen molar-refractivity contribution in [3.8, 4) is 12.3 Å². The van der Waals surface area contributed by atoms with Gasteiger partial charge in [-0.3, -0.25) is 19.3 Å². The predicted molar refractivity (Wildman–Crippen MR) is 86.8 cm³/mol. The summed E-state index contributed by atoms with van der Waals surface area (Å²) in [6.45, 7) is 1.34. The summed E-state index contributed by atoms with van der Waals surface area (Å²) in [6, 6.07) is -0.266. The summed E-state index contributed by atoms with van der Waals surface area (Å²) in [4.78, 5) is 37.5. The highest BCUT2D eigenvalue weighted by molar-refractivity contribution is 5.84. The summed E-state index contributed by atoms with van der Waals surface area (Å²) in [6.07, 6.45) is 6.67. The van der Waals surface area contributed by atoms with E-state index in [2.05, 4.69) is 26.8 Å². The highest BCUT2D eigenvalue weighted by Gasteiger charge is 2.43. The number of hydrogen-bond acceptors (Lipinski definition) is 5. The fourth-order valence-corrected chi connectivity index (χ4v) is 3.28. The highest BCUT2D eigenvalue weighted by Crippen LogP contribution is 2.25. The van der Waals surface area contributed by atoms with Gasteiger partial charge in [0.15, 0.2) is 0 Å². The molecule has 3 unspecified atom stereocenters. The molecule has 8 nitrogen and oxygen atoms in total. The number of rotatable bonds is 7. The maximum absolute atomic E-state index is 12.1. The number of hydrogen-bond donors (Lipinski definition) is 3. The Kier molecular flexibility index (Phi) is 6.58. The molecule has 2 aliphatic rings. The number of nitrogens with zero attached hydrogens (tertiary/aromatic N) is 1. The van der Waals surface area contributed by atoms with Gasteiger partial charge in [-0.25, -0.2) is 0 Å². The Morgan fingerprint density at radius 2 is 2.25 bits per heavy atom. The summed E-state index contributed by atoms with van der Waals surface area (Å²) in [5, 5.41) is 8.41. The molecule has 8 heteroatoms. The molecule has 0 spiro atoms. The van der Waals surface area contributed by atoms with E-state index in [4.69, 9.17) is 11.2 Å². The Labute approximate surface area is 141 Å². The number of carbonyl (C=O) groups is 3. The normalized spacial score (nSPS) is 26.2. The number of nitrogens with one attached hydrogen (secondary N) is 3. The Balaban J connectivity index is 1.88. The summed E-state index contributed by atoms with van der Waals surface area (Å²) < 4.78 is 4.81. The maximum atomic E-state index is 12.1. The van der Waals surface area contributed by atoms with E-state index in [0.29, 0.717) is 32.4 Å². The minimum Gasteiger partial charge on any atom is -0.375 e. The molecule has 3 N–H and O–H groups in total. The molecule has 0 aromatic rings. The van der Waals surface area contributed by atoms with Gasteiger partial charge < -0.3 is 20.7 Å². The van der Waals surface area contributed by atoms with Crippen molar-refractivity contribution >= 4 is 17.7 Å². The molecule has 2 rings (SSSR count). The lowest BCUT2D eigenvalue weighted by atomic mass is 10.0. The second-order valence-corrected chi connectivity index (χ2v) is 6.06. The largest absolute Gasteiger partial charge is 0.375 e. The lowest BCUT2D eigenvalue weighted by Crippen LogP contribution is -2.58. The fourth-order valence-electron chi connectivity index (χ4n) is 3.28. The lowest BCUT2D eigenvalue weighted by Gasteiger charge is -2.37. The third kappa shape index (κ3) is 4.69. The van der Waals surface area contributed by atoms with Crippen molar-refractivity contribution < 1.29 is 19.1 Å². The van der Waals surface area contributed by atoms with Gasteiger partial charge in [-0.1, -0.05) is 5.92 Å². The Morgan fingerprint density at radius 3 is 2.96 bits per heavy atom. The summed E-state index contributed by atoms with van der Waals surface area (Å²) in [5.41, 5.74) is 0. The average Bonchev–Trinajstić information content (AvgIpc) is 2.97. The van der Waals surface area contributed by atoms with Crippen LogP contribution in [0.5, 0.6) is 0 Å². The van der Waals surface area contributed by atoms with Gasteiger partial charge in [0.05, 0.1) is 12.6 Å². The van der Waals surface area contributed by atoms with Gasteiger partial charge in [-0.2, -0.15) is 0 Å². The van der Waals surface area contributed by atoms with Crippen LogP contribution in [0.1, 0.15) is 19.3 Å². The Morgan fingerprint density at radius 1 is 1.46 bits per heavy atom. The summed E-state index contributed by atoms with van der Waals surface area (Å²) in [7, 11) is 1.46. The van der Waals surface area contributed by atoms with Gasteiger partial charge >= 0.3 is 0 Å². The zero-order valence-corrected chi connectivity index (χ0v) is 13.8. The molecule has 3 atom stereocenters. The molecule has 2 fully saturated rings. The molecule has 0 aliphatic carbocycles. The van der Waals surface area contributed by atoms with E-state index >= 15 is 0 Å². The first-order valence-corrected chi connectivity index (χ1v) is 8.07. The van der Waals surface area contributed by atoms with E-state index in [1.54, 1.807) is 0 Å². The van der Waals surface area contributed by atoms with Gasteiger partial charge in [-0.05, 0) is 12.8 Å². The standard InChI is InChI=1S/C16H24N4O4/c1-3-6-17-14(21)5-4-12-8-18-16(23)13-7-11(9-20(12)13)19-15(22)10-24-2/h1,11-13H,4-10H2,2H3,(H,17,21)(H,18,23)(H,19,22). The van der Waals surface area contributed by atoms with Crippen molar-refractivity contribution in [1.29, 1.82) is 0 Å². The van der Waals surface area contributed by atoms with Crippen LogP contribution in [0.4, 0.5) is 0 Å². The minimum absolute atomic E-state index is 0.00609. The van der Waals surface area contributed by atoms with Crippen LogP contribution in [-0.2, 0) is 19.1 Å². The highest BCUT2D eigenvalue weighted by atomic mass is 16.5. The molecule has 3 amide bonds. The van der Waals surface area contributed by atoms with Gasteiger partial charge in [0.25, 0.3) is 0 Å². The number of terminal acetylenes is 1. The fraction of sp³-hybridized carbons (Fsp3) is 0.688. The predicted octanol–water partition coefficient (Wildman–Crippen LogP) is -1.78. The van der Waals surface area contributed by atoms with E-state index in [9.17, 15) is 14.4 Å². The van der Waals surface area contributed by atoms with Crippen LogP contribution in [0.2, 0.25) is 0 Å². The van der Waals surface area contributed by atoms with Crippen molar-refractivity contribution in [1.82, 2.24) is 20.9 Å². The third-order valence-electron chi connectivity index (χ3n) is 4.36. The number of methoxy groups -OCH3 is 1. The summed E-state index contributed by atoms with van der Waals surface area (Å²) >= 11 is 0. The smallest absolute Gasteiger partial charge is 0.246 e. The lowest BCUT2D eigenvalue weighted by molar-refractivity contribution is -0.129. The van der Waals surface area contributed by atoms with Crippen molar-refractivity contribution in [2.45, 2.75) is 37.4 Å². The van der Waals surface area contributed by atoms with Crippen LogP contribution in [-0.4, -0.2) is 74.1 Å². The molecule has 0 bridgehead atoms. The first kappa shape index (κ1) is 18.2. The molecule has 2 heterocycles. The summed E-state index contributed by atoms with van der Waals surface area (Å²) in [5.74, 6) is 2.06. The van der Waals surface area contributed by atoms with Crippen molar-refractivity contribution in [3.63, 3.8) is 0 Å². The molecular weight excluding hydrogens is 312 g/mol. The number of piperazine rings is 1. The van der Waals surface area contributed by atoms with Crippen LogP contribution in [0.15, 0.2) is 0 Å². The number of ether oxygens (including phenoxy) is 1. The molecule has 0 aromatic heterocycles. The third-order valence-corrected chi connectivity index (χ3v) is 4.36. The topological polar surface area (TPSA) is 99.8 Å². The monoisotopic (exact) mass is 336 g/mol. The number of amides is 3. The van der Waals surface area contributed by atoms with Crippen LogP contribution in [0, 0.1) is 12.3 Å². The van der Waals surface area contributed by atoms with E-state index in [-0.39, 0.29) is 49.0 Å². The van der Waals surface area contributed by atoms with Gasteiger partial charge in [0.1, 0.15) is 6.61 Å². The second-order valence-electron chi connectivity index (χ2n) is 6.06. The number of carbonyl (C=O) groups excluding carboxylic acids is 3. The average molecular weight is 336 g/mol. The van der Waals surface area contributed by atoms with Gasteiger partial charge in [0.2, 0.25) is 17.7 Å². The molecule has 0 aromatic carbocycles. The van der Waals surface area contributed by atoms with E-state index in [1.807, 2.05) is 0 Å².